The largest absolute Gasteiger partial charge is 0.379 e. The molecule has 3 aromatic rings. The molecule has 1 fully saturated rings. The molecule has 1 saturated heterocycles. The predicted octanol–water partition coefficient (Wildman–Crippen LogP) is 2.35. The van der Waals surface area contributed by atoms with Gasteiger partial charge in [0, 0.05) is 26.2 Å². The van der Waals surface area contributed by atoms with Crippen LogP contribution in [0.1, 0.15) is 11.1 Å². The smallest absolute Gasteiger partial charge is 0.243 e. The molecule has 1 aliphatic heterocycles. The van der Waals surface area contributed by atoms with E-state index in [0.717, 1.165) is 28.6 Å². The first-order chi connectivity index (χ1) is 18.2. The average molecular weight is 562 g/mol. The van der Waals surface area contributed by atoms with Gasteiger partial charge in [0.15, 0.2) is 0 Å². The van der Waals surface area contributed by atoms with Crippen LogP contribution in [0.25, 0.3) is 0 Å². The molecular weight excluding hydrogens is 533 g/mol. The van der Waals surface area contributed by atoms with Crippen molar-refractivity contribution in [2.75, 3.05) is 32.8 Å². The number of morpholine rings is 1. The van der Waals surface area contributed by atoms with E-state index >= 15 is 0 Å². The Hall–Kier alpha value is -3.16. The van der Waals surface area contributed by atoms with E-state index in [1.807, 2.05) is 0 Å². The van der Waals surface area contributed by atoms with Crippen LogP contribution in [0, 0.1) is 5.82 Å². The summed E-state index contributed by atoms with van der Waals surface area (Å²) in [6.07, 6.45) is 0. The summed E-state index contributed by atoms with van der Waals surface area (Å²) in [6.45, 7) is 0.844. The Morgan fingerprint density at radius 1 is 0.842 bits per heavy atom. The molecule has 0 atom stereocenters. The molecule has 38 heavy (non-hydrogen) atoms. The lowest BCUT2D eigenvalue weighted by atomic mass is 10.2. The topological polar surface area (TPSA) is 113 Å². The zero-order chi connectivity index (χ0) is 27.2. The molecule has 1 N–H and O–H groups in total. The van der Waals surface area contributed by atoms with E-state index in [0.29, 0.717) is 37.4 Å². The molecule has 0 aliphatic carbocycles. The van der Waals surface area contributed by atoms with Crippen LogP contribution in [-0.2, 0) is 42.7 Å². The van der Waals surface area contributed by atoms with Gasteiger partial charge in [0.1, 0.15) is 5.82 Å². The number of sulfonamides is 2. The number of rotatable bonds is 10. The fourth-order valence-electron chi connectivity index (χ4n) is 3.90. The average Bonchev–Trinajstić information content (AvgIpc) is 2.93. The number of carbonyl (C=O) groups excluding carboxylic acids is 1. The fourth-order valence-corrected chi connectivity index (χ4v) is 6.69. The van der Waals surface area contributed by atoms with Gasteiger partial charge in [-0.15, -0.1) is 0 Å². The van der Waals surface area contributed by atoms with E-state index in [1.54, 1.807) is 42.5 Å². The Morgan fingerprint density at radius 3 is 2.08 bits per heavy atom. The first kappa shape index (κ1) is 27.9. The highest BCUT2D eigenvalue weighted by atomic mass is 32.2. The summed E-state index contributed by atoms with van der Waals surface area (Å²) in [5.74, 6) is -1.11. The van der Waals surface area contributed by atoms with E-state index in [1.165, 1.54) is 16.4 Å². The number of amides is 1. The molecule has 0 aromatic heterocycles. The van der Waals surface area contributed by atoms with Gasteiger partial charge in [0.2, 0.25) is 26.0 Å². The van der Waals surface area contributed by atoms with Crippen molar-refractivity contribution in [1.82, 2.24) is 13.9 Å². The number of halogens is 1. The van der Waals surface area contributed by atoms with Crippen LogP contribution in [-0.4, -0.2) is 64.2 Å². The van der Waals surface area contributed by atoms with Crippen molar-refractivity contribution in [2.45, 2.75) is 22.9 Å². The number of hydrogen-bond acceptors (Lipinski definition) is 6. The number of benzene rings is 3. The second-order valence-corrected chi connectivity index (χ2v) is 12.5. The highest BCUT2D eigenvalue weighted by molar-refractivity contribution is 7.89. The first-order valence-electron chi connectivity index (χ1n) is 11.9. The first-order valence-corrected chi connectivity index (χ1v) is 14.8. The lowest BCUT2D eigenvalue weighted by Gasteiger charge is -2.26. The molecule has 1 heterocycles. The van der Waals surface area contributed by atoms with Crippen molar-refractivity contribution in [3.05, 3.63) is 95.8 Å². The Bertz CT molecular complexity index is 1440. The van der Waals surface area contributed by atoms with Gasteiger partial charge in [-0.3, -0.25) is 4.79 Å². The molecule has 0 spiro atoms. The van der Waals surface area contributed by atoms with E-state index in [2.05, 4.69) is 5.32 Å². The maximum Gasteiger partial charge on any atom is 0.243 e. The van der Waals surface area contributed by atoms with E-state index in [4.69, 9.17) is 4.74 Å². The van der Waals surface area contributed by atoms with Gasteiger partial charge in [0.05, 0.1) is 29.5 Å². The van der Waals surface area contributed by atoms with Crippen LogP contribution >= 0.6 is 0 Å². The van der Waals surface area contributed by atoms with Crippen molar-refractivity contribution in [2.24, 2.45) is 0 Å². The van der Waals surface area contributed by atoms with Crippen LogP contribution in [0.4, 0.5) is 4.39 Å². The maximum atomic E-state index is 13.4. The normalized spacial score (nSPS) is 14.9. The van der Waals surface area contributed by atoms with Crippen molar-refractivity contribution in [3.63, 3.8) is 0 Å². The summed E-state index contributed by atoms with van der Waals surface area (Å²) >= 11 is 0. The minimum atomic E-state index is -4.10. The Morgan fingerprint density at radius 2 is 1.45 bits per heavy atom. The molecule has 0 radical (unpaired) electrons. The minimum absolute atomic E-state index is 0.0535. The van der Waals surface area contributed by atoms with Gasteiger partial charge in [-0.2, -0.15) is 8.61 Å². The van der Waals surface area contributed by atoms with Crippen LogP contribution in [0.3, 0.4) is 0 Å². The molecule has 3 aromatic carbocycles. The molecule has 1 aliphatic rings. The lowest BCUT2D eigenvalue weighted by molar-refractivity contribution is -0.121. The fraction of sp³-hybridized carbons (Fsp3) is 0.269. The molecule has 0 unspecified atom stereocenters. The van der Waals surface area contributed by atoms with Crippen molar-refractivity contribution in [3.8, 4) is 0 Å². The summed E-state index contributed by atoms with van der Waals surface area (Å²) in [6, 6.07) is 19.4. The third-order valence-corrected chi connectivity index (χ3v) is 9.71. The SMILES string of the molecule is O=C(CN(Cc1ccccc1)S(=O)(=O)c1ccc(F)cc1)NCc1ccc(S(=O)(=O)N2CCOCC2)cc1. The van der Waals surface area contributed by atoms with Crippen LogP contribution in [0.2, 0.25) is 0 Å². The number of nitrogens with one attached hydrogen (secondary N) is 1. The van der Waals surface area contributed by atoms with Crippen LogP contribution in [0.15, 0.2) is 88.7 Å². The van der Waals surface area contributed by atoms with E-state index in [9.17, 15) is 26.0 Å². The van der Waals surface area contributed by atoms with Gasteiger partial charge in [0.25, 0.3) is 0 Å². The number of carbonyl (C=O) groups is 1. The van der Waals surface area contributed by atoms with Crippen LogP contribution in [0.5, 0.6) is 0 Å². The van der Waals surface area contributed by atoms with E-state index in [-0.39, 0.29) is 22.9 Å². The molecule has 1 amide bonds. The molecule has 0 saturated carbocycles. The Labute approximate surface area is 221 Å². The Kier molecular flexibility index (Phi) is 8.90. The zero-order valence-corrected chi connectivity index (χ0v) is 22.1. The zero-order valence-electron chi connectivity index (χ0n) is 20.5. The van der Waals surface area contributed by atoms with Crippen molar-refractivity contribution < 1.29 is 30.8 Å². The lowest BCUT2D eigenvalue weighted by Crippen LogP contribution is -2.40. The third-order valence-electron chi connectivity index (χ3n) is 5.99. The summed E-state index contributed by atoms with van der Waals surface area (Å²) in [7, 11) is -7.73. The second kappa shape index (κ2) is 12.1. The number of hydrogen-bond donors (Lipinski definition) is 1. The minimum Gasteiger partial charge on any atom is -0.379 e. The molecule has 0 bridgehead atoms. The van der Waals surface area contributed by atoms with Crippen molar-refractivity contribution >= 4 is 26.0 Å². The standard InChI is InChI=1S/C26H28FN3O6S2/c27-23-8-12-25(13-9-23)38(34,35)30(19-22-4-2-1-3-5-22)20-26(31)28-18-21-6-10-24(11-7-21)37(32,33)29-14-16-36-17-15-29/h1-13H,14-20H2,(H,28,31). The second-order valence-electron chi connectivity index (χ2n) is 8.65. The highest BCUT2D eigenvalue weighted by Gasteiger charge is 2.28. The van der Waals surface area contributed by atoms with Gasteiger partial charge in [-0.1, -0.05) is 42.5 Å². The van der Waals surface area contributed by atoms with Gasteiger partial charge < -0.3 is 10.1 Å². The molecular formula is C26H28FN3O6S2. The molecule has 12 heteroatoms. The van der Waals surface area contributed by atoms with E-state index < -0.39 is 38.3 Å². The molecule has 202 valence electrons. The van der Waals surface area contributed by atoms with Gasteiger partial charge >= 0.3 is 0 Å². The third kappa shape index (κ3) is 6.83. The summed E-state index contributed by atoms with van der Waals surface area (Å²) in [4.78, 5) is 12.8. The summed E-state index contributed by atoms with van der Waals surface area (Å²) < 4.78 is 73.1. The summed E-state index contributed by atoms with van der Waals surface area (Å²) in [5, 5.41) is 2.69. The van der Waals surface area contributed by atoms with Crippen molar-refractivity contribution in [1.29, 1.82) is 0 Å². The van der Waals surface area contributed by atoms with Gasteiger partial charge in [-0.05, 0) is 47.5 Å². The number of nitrogens with zero attached hydrogens (tertiary/aromatic N) is 2. The molecule has 4 rings (SSSR count). The predicted molar refractivity (Wildman–Crippen MR) is 138 cm³/mol. The maximum absolute atomic E-state index is 13.4. The number of ether oxygens (including phenoxy) is 1. The monoisotopic (exact) mass is 561 g/mol. The summed E-state index contributed by atoms with van der Waals surface area (Å²) in [5.41, 5.74) is 1.33. The Balaban J connectivity index is 1.43. The van der Waals surface area contributed by atoms with Gasteiger partial charge in [-0.25, -0.2) is 21.2 Å². The van der Waals surface area contributed by atoms with Crippen LogP contribution < -0.4 is 5.32 Å². The molecule has 9 nitrogen and oxygen atoms in total. The highest BCUT2D eigenvalue weighted by Crippen LogP contribution is 2.20. The quantitative estimate of drug-likeness (QED) is 0.407.